The molecule has 1 aromatic carbocycles. The van der Waals surface area contributed by atoms with E-state index < -0.39 is 5.91 Å². The monoisotopic (exact) mass is 252 g/mol. The van der Waals surface area contributed by atoms with Gasteiger partial charge in [0.2, 0.25) is 0 Å². The quantitative estimate of drug-likeness (QED) is 0.762. The van der Waals surface area contributed by atoms with E-state index in [2.05, 4.69) is 0 Å². The lowest BCUT2D eigenvalue weighted by atomic mass is 10.1. The van der Waals surface area contributed by atoms with Gasteiger partial charge in [-0.05, 0) is 6.07 Å². The van der Waals surface area contributed by atoms with Gasteiger partial charge in [-0.25, -0.2) is 0 Å². The van der Waals surface area contributed by atoms with Gasteiger partial charge in [-0.15, -0.1) is 0 Å². The first-order valence-electron chi connectivity index (χ1n) is 5.63. The molecule has 1 heterocycles. The molecule has 1 aromatic rings. The van der Waals surface area contributed by atoms with Gasteiger partial charge in [0.1, 0.15) is 6.10 Å². The van der Waals surface area contributed by atoms with Crippen LogP contribution in [-0.4, -0.2) is 32.3 Å². The van der Waals surface area contributed by atoms with E-state index in [4.69, 9.17) is 25.7 Å². The Morgan fingerprint density at radius 1 is 1.44 bits per heavy atom. The van der Waals surface area contributed by atoms with Gasteiger partial charge in [0.15, 0.2) is 11.5 Å². The first kappa shape index (κ1) is 12.5. The second-order valence-corrected chi connectivity index (χ2v) is 4.06. The Morgan fingerprint density at radius 2 is 2.22 bits per heavy atom. The number of nitrogen functional groups attached to an aromatic ring is 1. The second kappa shape index (κ2) is 5.14. The Morgan fingerprint density at radius 3 is 2.78 bits per heavy atom. The number of primary amides is 1. The summed E-state index contributed by atoms with van der Waals surface area (Å²) >= 11 is 0. The van der Waals surface area contributed by atoms with E-state index in [1.165, 1.54) is 19.2 Å². The highest BCUT2D eigenvalue weighted by Crippen LogP contribution is 2.33. The van der Waals surface area contributed by atoms with E-state index in [0.29, 0.717) is 24.7 Å². The minimum Gasteiger partial charge on any atom is -0.493 e. The first-order valence-corrected chi connectivity index (χ1v) is 5.63. The molecule has 18 heavy (non-hydrogen) atoms. The molecule has 0 aromatic heterocycles. The largest absolute Gasteiger partial charge is 0.493 e. The van der Waals surface area contributed by atoms with Crippen LogP contribution in [0.4, 0.5) is 5.69 Å². The fourth-order valence-electron chi connectivity index (χ4n) is 1.83. The topological polar surface area (TPSA) is 96.8 Å². The predicted octanol–water partition coefficient (Wildman–Crippen LogP) is 0.544. The van der Waals surface area contributed by atoms with Crippen molar-refractivity contribution >= 4 is 11.6 Å². The molecule has 6 heteroatoms. The molecule has 1 saturated heterocycles. The summed E-state index contributed by atoms with van der Waals surface area (Å²) in [5.41, 5.74) is 11.5. The van der Waals surface area contributed by atoms with Crippen LogP contribution in [-0.2, 0) is 4.74 Å². The van der Waals surface area contributed by atoms with Crippen molar-refractivity contribution in [1.82, 2.24) is 0 Å². The van der Waals surface area contributed by atoms with E-state index >= 15 is 0 Å². The van der Waals surface area contributed by atoms with Crippen molar-refractivity contribution in [2.75, 3.05) is 26.1 Å². The Hall–Kier alpha value is -1.95. The number of nitrogens with two attached hydrogens (primary N) is 2. The zero-order chi connectivity index (χ0) is 13.1. The third-order valence-electron chi connectivity index (χ3n) is 2.78. The van der Waals surface area contributed by atoms with Crippen LogP contribution >= 0.6 is 0 Å². The van der Waals surface area contributed by atoms with Crippen LogP contribution in [0.5, 0.6) is 11.5 Å². The summed E-state index contributed by atoms with van der Waals surface area (Å²) in [6.07, 6.45) is 0.766. The molecule has 4 N–H and O–H groups in total. The molecule has 0 aliphatic carbocycles. The van der Waals surface area contributed by atoms with E-state index in [0.717, 1.165) is 6.42 Å². The zero-order valence-electron chi connectivity index (χ0n) is 10.1. The van der Waals surface area contributed by atoms with Gasteiger partial charge < -0.3 is 25.7 Å². The Balaban J connectivity index is 2.30. The maximum absolute atomic E-state index is 11.2. The molecule has 0 spiro atoms. The fraction of sp³-hybridized carbons (Fsp3) is 0.417. The van der Waals surface area contributed by atoms with Gasteiger partial charge in [-0.2, -0.15) is 0 Å². The number of carbonyl (C=O) groups is 1. The smallest absolute Gasteiger partial charge is 0.250 e. The lowest BCUT2D eigenvalue weighted by molar-refractivity contribution is 0.1000. The predicted molar refractivity (Wildman–Crippen MR) is 65.8 cm³/mol. The van der Waals surface area contributed by atoms with Crippen molar-refractivity contribution in [3.05, 3.63) is 17.7 Å². The standard InChI is InChI=1S/C12H16N2O4/c1-16-10-5-9(13)8(12(14)15)4-11(10)18-7-2-3-17-6-7/h4-5,7H,2-3,6,13H2,1H3,(H2,14,15)/t7-/m0/s1. The van der Waals surface area contributed by atoms with Crippen LogP contribution in [0.25, 0.3) is 0 Å². The number of carbonyl (C=O) groups excluding carboxylic acids is 1. The number of anilines is 1. The van der Waals surface area contributed by atoms with Crippen LogP contribution in [0, 0.1) is 0 Å². The Kier molecular flexibility index (Phi) is 3.57. The molecule has 98 valence electrons. The van der Waals surface area contributed by atoms with Gasteiger partial charge in [0.25, 0.3) is 5.91 Å². The molecule has 0 bridgehead atoms. The average molecular weight is 252 g/mol. The van der Waals surface area contributed by atoms with E-state index in [-0.39, 0.29) is 17.4 Å². The van der Waals surface area contributed by atoms with Crippen molar-refractivity contribution in [1.29, 1.82) is 0 Å². The summed E-state index contributed by atoms with van der Waals surface area (Å²) in [6, 6.07) is 3.04. The number of hydrogen-bond donors (Lipinski definition) is 2. The number of benzene rings is 1. The molecule has 0 saturated carbocycles. The van der Waals surface area contributed by atoms with E-state index in [9.17, 15) is 4.79 Å². The van der Waals surface area contributed by atoms with E-state index in [1.54, 1.807) is 0 Å². The lowest BCUT2D eigenvalue weighted by Gasteiger charge is -2.16. The number of amides is 1. The summed E-state index contributed by atoms with van der Waals surface area (Å²) in [5.74, 6) is 0.336. The molecule has 1 amide bonds. The zero-order valence-corrected chi connectivity index (χ0v) is 10.1. The number of hydrogen-bond acceptors (Lipinski definition) is 5. The van der Waals surface area contributed by atoms with Gasteiger partial charge in [0, 0.05) is 18.2 Å². The van der Waals surface area contributed by atoms with Crippen LogP contribution in [0.3, 0.4) is 0 Å². The third-order valence-corrected chi connectivity index (χ3v) is 2.78. The SMILES string of the molecule is COc1cc(N)c(C(N)=O)cc1O[C@H]1CCOC1. The van der Waals surface area contributed by atoms with Crippen LogP contribution in [0.15, 0.2) is 12.1 Å². The van der Waals surface area contributed by atoms with Crippen molar-refractivity contribution < 1.29 is 19.0 Å². The Bertz CT molecular complexity index is 456. The second-order valence-electron chi connectivity index (χ2n) is 4.06. The van der Waals surface area contributed by atoms with E-state index in [1.807, 2.05) is 0 Å². The van der Waals surface area contributed by atoms with Crippen molar-refractivity contribution in [3.63, 3.8) is 0 Å². The molecule has 2 rings (SSSR count). The number of rotatable bonds is 4. The minimum atomic E-state index is -0.595. The Labute approximate surface area is 105 Å². The molecule has 1 fully saturated rings. The molecule has 1 atom stereocenters. The molecule has 1 aliphatic heterocycles. The summed E-state index contributed by atoms with van der Waals surface area (Å²) in [7, 11) is 1.51. The van der Waals surface area contributed by atoms with Crippen molar-refractivity contribution in [3.8, 4) is 11.5 Å². The summed E-state index contributed by atoms with van der Waals surface area (Å²) in [6.45, 7) is 1.20. The number of methoxy groups -OCH3 is 1. The van der Waals surface area contributed by atoms with Gasteiger partial charge in [0.05, 0.1) is 25.9 Å². The van der Waals surface area contributed by atoms with Gasteiger partial charge in [-0.3, -0.25) is 4.79 Å². The summed E-state index contributed by atoms with van der Waals surface area (Å²) < 4.78 is 16.1. The molecular formula is C12H16N2O4. The molecule has 0 unspecified atom stereocenters. The van der Waals surface area contributed by atoms with Gasteiger partial charge >= 0.3 is 0 Å². The maximum atomic E-state index is 11.2. The number of ether oxygens (including phenoxy) is 3. The molecular weight excluding hydrogens is 236 g/mol. The average Bonchev–Trinajstić information content (AvgIpc) is 2.83. The fourth-order valence-corrected chi connectivity index (χ4v) is 1.83. The maximum Gasteiger partial charge on any atom is 0.250 e. The first-order chi connectivity index (χ1) is 8.61. The minimum absolute atomic E-state index is 0.0387. The lowest BCUT2D eigenvalue weighted by Crippen LogP contribution is -2.18. The summed E-state index contributed by atoms with van der Waals surface area (Å²) in [5, 5.41) is 0. The highest BCUT2D eigenvalue weighted by Gasteiger charge is 2.21. The van der Waals surface area contributed by atoms with Crippen LogP contribution in [0.2, 0.25) is 0 Å². The highest BCUT2D eigenvalue weighted by molar-refractivity contribution is 5.98. The van der Waals surface area contributed by atoms with Crippen molar-refractivity contribution in [2.24, 2.45) is 5.73 Å². The van der Waals surface area contributed by atoms with Gasteiger partial charge in [-0.1, -0.05) is 0 Å². The van der Waals surface area contributed by atoms with Crippen molar-refractivity contribution in [2.45, 2.75) is 12.5 Å². The van der Waals surface area contributed by atoms with Crippen LogP contribution < -0.4 is 20.9 Å². The summed E-state index contributed by atoms with van der Waals surface area (Å²) in [4.78, 5) is 11.2. The molecule has 0 radical (unpaired) electrons. The van der Waals surface area contributed by atoms with Crippen LogP contribution in [0.1, 0.15) is 16.8 Å². The third kappa shape index (κ3) is 2.48. The molecule has 1 aliphatic rings. The highest BCUT2D eigenvalue weighted by atomic mass is 16.6. The molecule has 6 nitrogen and oxygen atoms in total. The normalized spacial score (nSPS) is 18.6.